The average molecular weight is 832 g/mol. The second-order valence-corrected chi connectivity index (χ2v) is 15.3. The zero-order valence-corrected chi connectivity index (χ0v) is 34.2. The Morgan fingerprint density at radius 2 is 1.63 bits per heavy atom. The SMILES string of the molecule is CCCC/C=C/C(=O)N[C@@H](Cc1cc(F)cc(F)c1)C(=O)N[C@H]1COC(=O)[C@@H]2CCCN2C(=O)[C@H](C)NC(=O)[C@H](COC(=O)CN(C)C)N(C)C(=O)[C@@H]2CCCN2C1=O. The number of carbonyl (C=O) groups excluding carboxylic acids is 8. The molecule has 6 amide bonds. The highest BCUT2D eigenvalue weighted by Gasteiger charge is 2.44. The fourth-order valence-corrected chi connectivity index (χ4v) is 7.23. The van der Waals surface area contributed by atoms with Crippen LogP contribution in [-0.2, 0) is 54.3 Å². The lowest BCUT2D eigenvalue weighted by Gasteiger charge is -2.35. The first-order chi connectivity index (χ1) is 28.0. The summed E-state index contributed by atoms with van der Waals surface area (Å²) in [6.45, 7) is 2.14. The molecular formula is C40H55F2N7O10. The monoisotopic (exact) mass is 831 g/mol. The van der Waals surface area contributed by atoms with E-state index < -0.39 is 115 Å². The number of halogens is 2. The van der Waals surface area contributed by atoms with E-state index in [9.17, 15) is 47.1 Å². The van der Waals surface area contributed by atoms with Crippen molar-refractivity contribution in [2.45, 2.75) is 101 Å². The van der Waals surface area contributed by atoms with Crippen LogP contribution in [0.5, 0.6) is 0 Å². The van der Waals surface area contributed by atoms with E-state index in [0.717, 1.165) is 29.9 Å². The maximum absolute atomic E-state index is 14.4. The number of hydrogen-bond donors (Lipinski definition) is 3. The highest BCUT2D eigenvalue weighted by molar-refractivity contribution is 5.98. The van der Waals surface area contributed by atoms with E-state index in [0.29, 0.717) is 25.3 Å². The smallest absolute Gasteiger partial charge is 0.328 e. The number of cyclic esters (lactones) is 1. The molecule has 19 heteroatoms. The molecule has 3 aliphatic heterocycles. The molecule has 1 aromatic carbocycles. The van der Waals surface area contributed by atoms with Crippen LogP contribution in [0.4, 0.5) is 8.78 Å². The number of nitrogens with one attached hydrogen (secondary N) is 3. The molecule has 3 fully saturated rings. The lowest BCUT2D eigenvalue weighted by Crippen LogP contribution is -2.61. The molecule has 0 aliphatic carbocycles. The number of hydrogen-bond acceptors (Lipinski definition) is 11. The second kappa shape index (κ2) is 21.5. The molecule has 0 bridgehead atoms. The Bertz CT molecular complexity index is 1760. The van der Waals surface area contributed by atoms with Crippen LogP contribution in [0.1, 0.15) is 64.4 Å². The van der Waals surface area contributed by atoms with Crippen molar-refractivity contribution in [1.29, 1.82) is 0 Å². The minimum atomic E-state index is -1.64. The lowest BCUT2D eigenvalue weighted by molar-refractivity contribution is -0.158. The van der Waals surface area contributed by atoms with Gasteiger partial charge in [-0.2, -0.15) is 0 Å². The highest BCUT2D eigenvalue weighted by atomic mass is 19.1. The molecule has 3 saturated heterocycles. The Morgan fingerprint density at radius 3 is 2.27 bits per heavy atom. The molecule has 0 spiro atoms. The summed E-state index contributed by atoms with van der Waals surface area (Å²) < 4.78 is 39.4. The molecule has 3 heterocycles. The van der Waals surface area contributed by atoms with Crippen LogP contribution in [-0.4, -0.2) is 157 Å². The molecule has 3 aliphatic rings. The number of fused-ring (bicyclic) bond motifs is 2. The van der Waals surface area contributed by atoms with Gasteiger partial charge in [0.25, 0.3) is 0 Å². The minimum Gasteiger partial charge on any atom is -0.462 e. The van der Waals surface area contributed by atoms with E-state index in [1.807, 2.05) is 6.92 Å². The van der Waals surface area contributed by atoms with Crippen molar-refractivity contribution in [1.82, 2.24) is 35.6 Å². The molecule has 59 heavy (non-hydrogen) atoms. The predicted molar refractivity (Wildman–Crippen MR) is 207 cm³/mol. The van der Waals surface area contributed by atoms with Gasteiger partial charge in [-0.3, -0.25) is 38.5 Å². The molecule has 0 saturated carbocycles. The summed E-state index contributed by atoms with van der Waals surface area (Å²) in [6, 6.07) is -5.36. The first kappa shape index (κ1) is 46.2. The summed E-state index contributed by atoms with van der Waals surface area (Å²) in [5, 5.41) is 7.65. The molecule has 6 atom stereocenters. The van der Waals surface area contributed by atoms with Crippen molar-refractivity contribution in [2.24, 2.45) is 0 Å². The number of unbranched alkanes of at least 4 members (excludes halogenated alkanes) is 2. The van der Waals surface area contributed by atoms with Gasteiger partial charge in [-0.1, -0.05) is 25.8 Å². The molecule has 324 valence electrons. The summed E-state index contributed by atoms with van der Waals surface area (Å²) in [5.74, 6) is -8.04. The molecule has 17 nitrogen and oxygen atoms in total. The van der Waals surface area contributed by atoms with Gasteiger partial charge >= 0.3 is 11.9 Å². The second-order valence-electron chi connectivity index (χ2n) is 15.3. The van der Waals surface area contributed by atoms with Crippen molar-refractivity contribution in [3.8, 4) is 0 Å². The zero-order valence-electron chi connectivity index (χ0n) is 34.2. The maximum Gasteiger partial charge on any atom is 0.328 e. The van der Waals surface area contributed by atoms with E-state index in [4.69, 9.17) is 9.47 Å². The molecule has 3 N–H and O–H groups in total. The Labute approximate surface area is 342 Å². The lowest BCUT2D eigenvalue weighted by atomic mass is 10.0. The third-order valence-electron chi connectivity index (χ3n) is 10.3. The molecule has 0 aromatic heterocycles. The van der Waals surface area contributed by atoms with Gasteiger partial charge in [0.2, 0.25) is 35.4 Å². The van der Waals surface area contributed by atoms with Crippen LogP contribution in [0.3, 0.4) is 0 Å². The number of carbonyl (C=O) groups is 8. The van der Waals surface area contributed by atoms with Crippen LogP contribution in [0.15, 0.2) is 30.4 Å². The highest BCUT2D eigenvalue weighted by Crippen LogP contribution is 2.24. The first-order valence-corrected chi connectivity index (χ1v) is 19.9. The average Bonchev–Trinajstić information content (AvgIpc) is 3.87. The predicted octanol–water partition coefficient (Wildman–Crippen LogP) is 0.199. The Balaban J connectivity index is 1.69. The standard InChI is InChI=1S/C40H55F2N7O10/c1-6-7-8-9-14-33(50)44-28(19-25-17-26(41)20-27(42)18-25)35(52)45-29-22-59-40(57)31-13-11-16-49(31)37(54)24(2)43-36(53)32(23-58-34(51)21-46(3)4)47(5)39(56)30-12-10-15-48(30)38(29)55/h9,14,17-18,20,24,28-32H,6-8,10-13,15-16,19,21-23H2,1-5H3,(H,43,53)(H,44,50)(H,45,52)/b14-9+/t24-,28-,29-,30-,31-,32-/m0/s1. The van der Waals surface area contributed by atoms with Crippen molar-refractivity contribution < 1.29 is 56.6 Å². The van der Waals surface area contributed by atoms with Crippen molar-refractivity contribution in [3.05, 3.63) is 47.5 Å². The fourth-order valence-electron chi connectivity index (χ4n) is 7.23. The number of rotatable bonds is 13. The summed E-state index contributed by atoms with van der Waals surface area (Å²) in [6.07, 6.45) is 5.80. The summed E-state index contributed by atoms with van der Waals surface area (Å²) >= 11 is 0. The topological polar surface area (TPSA) is 204 Å². The van der Waals surface area contributed by atoms with Crippen LogP contribution < -0.4 is 16.0 Å². The number of likely N-dealkylation sites (N-methyl/N-ethyl adjacent to an activating group) is 2. The summed E-state index contributed by atoms with van der Waals surface area (Å²) in [5.41, 5.74) is 0.0214. The minimum absolute atomic E-state index is 0.0214. The van der Waals surface area contributed by atoms with Gasteiger partial charge in [-0.25, -0.2) is 13.6 Å². The van der Waals surface area contributed by atoms with Gasteiger partial charge in [0, 0.05) is 32.6 Å². The largest absolute Gasteiger partial charge is 0.462 e. The van der Waals surface area contributed by atoms with Crippen molar-refractivity contribution >= 4 is 47.4 Å². The summed E-state index contributed by atoms with van der Waals surface area (Å²) in [4.78, 5) is 114. The molecule has 1 aromatic rings. The van der Waals surface area contributed by atoms with Crippen LogP contribution in [0.2, 0.25) is 0 Å². The number of amides is 6. The molecular weight excluding hydrogens is 776 g/mol. The normalized spacial score (nSPS) is 23.8. The van der Waals surface area contributed by atoms with Gasteiger partial charge in [-0.15, -0.1) is 0 Å². The number of esters is 2. The summed E-state index contributed by atoms with van der Waals surface area (Å²) in [7, 11) is 4.58. The van der Waals surface area contributed by atoms with E-state index >= 15 is 0 Å². The quantitative estimate of drug-likeness (QED) is 0.139. The Kier molecular flexibility index (Phi) is 16.9. The van der Waals surface area contributed by atoms with Crippen LogP contribution in [0, 0.1) is 11.6 Å². The number of allylic oxidation sites excluding steroid dienone is 1. The van der Waals surface area contributed by atoms with Gasteiger partial charge in [0.1, 0.15) is 61.1 Å². The number of ether oxygens (including phenoxy) is 2. The molecule has 4 rings (SSSR count). The van der Waals surface area contributed by atoms with E-state index in [-0.39, 0.29) is 38.0 Å². The maximum atomic E-state index is 14.4. The van der Waals surface area contributed by atoms with Crippen molar-refractivity contribution in [2.75, 3.05) is 54.0 Å². The van der Waals surface area contributed by atoms with Gasteiger partial charge in [0.05, 0.1) is 6.54 Å². The van der Waals surface area contributed by atoms with Gasteiger partial charge in [-0.05, 0) is 76.9 Å². The number of benzene rings is 1. The molecule has 0 radical (unpaired) electrons. The first-order valence-electron chi connectivity index (χ1n) is 19.9. The van der Waals surface area contributed by atoms with Gasteiger partial charge < -0.3 is 40.1 Å². The zero-order chi connectivity index (χ0) is 43.4. The van der Waals surface area contributed by atoms with E-state index in [2.05, 4.69) is 16.0 Å². The van der Waals surface area contributed by atoms with Gasteiger partial charge in [0.15, 0.2) is 0 Å². The van der Waals surface area contributed by atoms with Crippen LogP contribution >= 0.6 is 0 Å². The van der Waals surface area contributed by atoms with Crippen molar-refractivity contribution in [3.63, 3.8) is 0 Å². The van der Waals surface area contributed by atoms with E-state index in [1.54, 1.807) is 25.1 Å². The van der Waals surface area contributed by atoms with E-state index in [1.165, 1.54) is 29.8 Å². The fraction of sp³-hybridized carbons (Fsp3) is 0.600. The Morgan fingerprint density at radius 1 is 0.983 bits per heavy atom. The van der Waals surface area contributed by atoms with Crippen LogP contribution in [0.25, 0.3) is 0 Å². The molecule has 0 unspecified atom stereocenters. The number of nitrogens with zero attached hydrogens (tertiary/aromatic N) is 4. The Hall–Kier alpha value is -5.46. The third kappa shape index (κ3) is 12.8. The third-order valence-corrected chi connectivity index (χ3v) is 10.3.